The van der Waals surface area contributed by atoms with Crippen LogP contribution in [0.4, 0.5) is 0 Å². The molecule has 1 saturated carbocycles. The fraction of sp³-hybridized carbons (Fsp3) is 0.286. The molecule has 7 nitrogen and oxygen atoms in total. The summed E-state index contributed by atoms with van der Waals surface area (Å²) in [6, 6.07) is 45.2. The van der Waals surface area contributed by atoms with E-state index in [9.17, 15) is 0 Å². The van der Waals surface area contributed by atoms with E-state index in [0.717, 1.165) is 34.2 Å². The van der Waals surface area contributed by atoms with E-state index in [2.05, 4.69) is 48.5 Å². The zero-order chi connectivity index (χ0) is 34.7. The van der Waals surface area contributed by atoms with Gasteiger partial charge in [0.2, 0.25) is 5.75 Å². The third kappa shape index (κ3) is 5.66. The van der Waals surface area contributed by atoms with Crippen molar-refractivity contribution < 1.29 is 33.0 Å². The van der Waals surface area contributed by atoms with Crippen molar-refractivity contribution in [2.24, 2.45) is 0 Å². The van der Waals surface area contributed by atoms with Gasteiger partial charge in [0, 0.05) is 20.0 Å². The molecule has 1 aliphatic carbocycles. The van der Waals surface area contributed by atoms with Crippen LogP contribution in [0.1, 0.15) is 40.2 Å². The second-order valence-electron chi connectivity index (χ2n) is 12.8. The second kappa shape index (κ2) is 14.3. The Morgan fingerprint density at radius 3 is 1.18 bits per heavy atom. The topological polar surface area (TPSA) is 64.6 Å². The molecule has 0 radical (unpaired) electrons. The number of methoxy groups -OCH3 is 5. The largest absolute Gasteiger partial charge is 0.493 e. The van der Waals surface area contributed by atoms with Gasteiger partial charge in [-0.05, 0) is 52.3 Å². The maximum atomic E-state index is 7.31. The molecule has 50 heavy (non-hydrogen) atoms. The maximum absolute atomic E-state index is 7.31. The summed E-state index contributed by atoms with van der Waals surface area (Å²) in [5.74, 6) is 2.00. The van der Waals surface area contributed by atoms with Crippen LogP contribution in [0.25, 0.3) is 0 Å². The van der Waals surface area contributed by atoms with Gasteiger partial charge in [-0.1, -0.05) is 121 Å². The van der Waals surface area contributed by atoms with E-state index >= 15 is 0 Å². The summed E-state index contributed by atoms with van der Waals surface area (Å²) in [5, 5.41) is 0. The standard InChI is InChI=1S/C42H43BO7/c1-44-36-26-29(27-37(45-2)38(36)46-3)34-28-35(34)43-49-39(41(47-4,30-18-10-6-11-19-30)31-20-12-7-13-21-31)40(50-43)42(48-5,32-22-14-8-15-23-32)33-24-16-9-17-25-33/h6-27,34-35,39-40H,28H2,1-5H3/t34-,35?,39+,40?/m0/s1. The lowest BCUT2D eigenvalue weighted by Crippen LogP contribution is -2.56. The van der Waals surface area contributed by atoms with E-state index in [0.29, 0.717) is 17.2 Å². The third-order valence-electron chi connectivity index (χ3n) is 10.4. The Kier molecular flexibility index (Phi) is 9.71. The lowest BCUT2D eigenvalue weighted by atomic mass is 9.71. The van der Waals surface area contributed by atoms with Gasteiger partial charge in [0.15, 0.2) is 11.5 Å². The molecule has 0 bridgehead atoms. The minimum Gasteiger partial charge on any atom is -0.493 e. The molecule has 5 aromatic rings. The molecular weight excluding hydrogens is 627 g/mol. The summed E-state index contributed by atoms with van der Waals surface area (Å²) in [7, 11) is 7.82. The van der Waals surface area contributed by atoms with Gasteiger partial charge < -0.3 is 33.0 Å². The zero-order valence-corrected chi connectivity index (χ0v) is 29.2. The lowest BCUT2D eigenvalue weighted by Gasteiger charge is -2.47. The summed E-state index contributed by atoms with van der Waals surface area (Å²) >= 11 is 0. The van der Waals surface area contributed by atoms with Gasteiger partial charge in [0.1, 0.15) is 23.4 Å². The van der Waals surface area contributed by atoms with Crippen molar-refractivity contribution in [2.75, 3.05) is 35.5 Å². The average molecular weight is 671 g/mol. The van der Waals surface area contributed by atoms with E-state index in [1.165, 1.54) is 0 Å². The summed E-state index contributed by atoms with van der Waals surface area (Å²) in [5.41, 5.74) is 2.77. The molecule has 4 atom stereocenters. The molecule has 0 N–H and O–H groups in total. The van der Waals surface area contributed by atoms with Crippen molar-refractivity contribution >= 4 is 7.12 Å². The van der Waals surface area contributed by atoms with Crippen molar-refractivity contribution in [3.8, 4) is 17.2 Å². The molecule has 8 heteroatoms. The quantitative estimate of drug-likeness (QED) is 0.118. The Labute approximate surface area is 295 Å². The number of rotatable bonds is 13. The lowest BCUT2D eigenvalue weighted by molar-refractivity contribution is -0.136. The highest BCUT2D eigenvalue weighted by atomic mass is 16.7. The molecule has 0 aromatic heterocycles. The molecule has 2 aliphatic rings. The molecule has 1 heterocycles. The molecule has 5 aromatic carbocycles. The van der Waals surface area contributed by atoms with Crippen LogP contribution in [0, 0.1) is 0 Å². The Hall–Kier alpha value is -4.60. The van der Waals surface area contributed by atoms with Gasteiger partial charge in [-0.15, -0.1) is 0 Å². The van der Waals surface area contributed by atoms with Crippen LogP contribution in [-0.2, 0) is 30.0 Å². The van der Waals surface area contributed by atoms with E-state index in [1.54, 1.807) is 35.5 Å². The molecular formula is C42H43BO7. The number of hydrogen-bond donors (Lipinski definition) is 0. The minimum absolute atomic E-state index is 0.0486. The molecule has 2 fully saturated rings. The smallest absolute Gasteiger partial charge is 0.461 e. The van der Waals surface area contributed by atoms with Crippen molar-refractivity contribution in [1.29, 1.82) is 0 Å². The van der Waals surface area contributed by atoms with E-state index in [1.807, 2.05) is 84.9 Å². The Balaban J connectivity index is 1.40. The molecule has 7 rings (SSSR count). The first-order valence-corrected chi connectivity index (χ1v) is 17.0. The maximum Gasteiger partial charge on any atom is 0.461 e. The van der Waals surface area contributed by atoms with Crippen LogP contribution in [0.5, 0.6) is 17.2 Å². The zero-order valence-electron chi connectivity index (χ0n) is 29.2. The molecule has 2 unspecified atom stereocenters. The number of ether oxygens (including phenoxy) is 5. The van der Waals surface area contributed by atoms with Crippen LogP contribution < -0.4 is 14.2 Å². The predicted octanol–water partition coefficient (Wildman–Crippen LogP) is 8.02. The average Bonchev–Trinajstić information content (AvgIpc) is 3.88. The second-order valence-corrected chi connectivity index (χ2v) is 12.8. The highest BCUT2D eigenvalue weighted by Crippen LogP contribution is 2.61. The summed E-state index contributed by atoms with van der Waals surface area (Å²) in [4.78, 5) is 0. The highest BCUT2D eigenvalue weighted by Gasteiger charge is 2.65. The highest BCUT2D eigenvalue weighted by molar-refractivity contribution is 6.48. The fourth-order valence-electron chi connectivity index (χ4n) is 7.93. The molecule has 0 spiro atoms. The number of hydrogen-bond acceptors (Lipinski definition) is 7. The first-order valence-electron chi connectivity index (χ1n) is 17.0. The SMILES string of the molecule is COc1cc([C@@H]2CC2B2OC(C(OC)(c3ccccc3)c3ccccc3)[C@H](C(OC)(c3ccccc3)c3ccccc3)O2)cc(OC)c1OC. The van der Waals surface area contributed by atoms with Crippen LogP contribution in [-0.4, -0.2) is 54.9 Å². The summed E-state index contributed by atoms with van der Waals surface area (Å²) in [6.07, 6.45) is -0.441. The van der Waals surface area contributed by atoms with Crippen LogP contribution in [0.3, 0.4) is 0 Å². The Morgan fingerprint density at radius 2 is 0.880 bits per heavy atom. The molecule has 1 saturated heterocycles. The van der Waals surface area contributed by atoms with Gasteiger partial charge in [0.25, 0.3) is 0 Å². The van der Waals surface area contributed by atoms with Crippen molar-refractivity contribution in [1.82, 2.24) is 0 Å². The monoisotopic (exact) mass is 670 g/mol. The fourth-order valence-corrected chi connectivity index (χ4v) is 7.93. The first-order chi connectivity index (χ1) is 24.5. The minimum atomic E-state index is -1.06. The molecule has 1 aliphatic heterocycles. The van der Waals surface area contributed by atoms with Crippen LogP contribution >= 0.6 is 0 Å². The van der Waals surface area contributed by atoms with Crippen molar-refractivity contribution in [3.63, 3.8) is 0 Å². The summed E-state index contributed by atoms with van der Waals surface area (Å²) < 4.78 is 45.2. The van der Waals surface area contributed by atoms with Crippen LogP contribution in [0.2, 0.25) is 5.82 Å². The molecule has 256 valence electrons. The van der Waals surface area contributed by atoms with Gasteiger partial charge in [-0.25, -0.2) is 0 Å². The van der Waals surface area contributed by atoms with Crippen molar-refractivity contribution in [2.45, 2.75) is 41.6 Å². The normalized spacial score (nSPS) is 20.4. The van der Waals surface area contributed by atoms with Gasteiger partial charge in [0.05, 0.1) is 21.3 Å². The Morgan fingerprint density at radius 1 is 0.520 bits per heavy atom. The van der Waals surface area contributed by atoms with E-state index in [-0.39, 0.29) is 11.7 Å². The summed E-state index contributed by atoms with van der Waals surface area (Å²) in [6.45, 7) is 0. The molecule has 0 amide bonds. The van der Waals surface area contributed by atoms with Crippen LogP contribution in [0.15, 0.2) is 133 Å². The van der Waals surface area contributed by atoms with Crippen molar-refractivity contribution in [3.05, 3.63) is 161 Å². The van der Waals surface area contributed by atoms with E-state index in [4.69, 9.17) is 33.0 Å². The number of benzene rings is 5. The predicted molar refractivity (Wildman–Crippen MR) is 194 cm³/mol. The van der Waals surface area contributed by atoms with Gasteiger partial charge in [-0.3, -0.25) is 0 Å². The first kappa shape index (κ1) is 33.9. The van der Waals surface area contributed by atoms with Gasteiger partial charge in [-0.2, -0.15) is 0 Å². The third-order valence-corrected chi connectivity index (χ3v) is 10.4. The Bertz CT molecular complexity index is 1650. The van der Waals surface area contributed by atoms with Gasteiger partial charge >= 0.3 is 7.12 Å². The van der Waals surface area contributed by atoms with E-state index < -0.39 is 30.5 Å².